The molecule has 5 nitrogen and oxygen atoms in total. The van der Waals surface area contributed by atoms with Gasteiger partial charge >= 0.3 is 0 Å². The van der Waals surface area contributed by atoms with Crippen molar-refractivity contribution >= 4 is 43.2 Å². The first-order valence-corrected chi connectivity index (χ1v) is 8.67. The number of halogens is 1. The van der Waals surface area contributed by atoms with Crippen LogP contribution < -0.4 is 10.0 Å². The Morgan fingerprint density at radius 3 is 2.38 bits per heavy atom. The normalized spacial score (nSPS) is 11.0. The molecule has 0 unspecified atom stereocenters. The van der Waals surface area contributed by atoms with E-state index in [-0.39, 0.29) is 5.91 Å². The molecule has 110 valence electrons. The van der Waals surface area contributed by atoms with E-state index < -0.39 is 10.0 Å². The number of carbonyl (C=O) groups is 1. The van der Waals surface area contributed by atoms with E-state index in [9.17, 15) is 13.2 Å². The van der Waals surface area contributed by atoms with Crippen LogP contribution in [0.1, 0.15) is 10.4 Å². The summed E-state index contributed by atoms with van der Waals surface area (Å²) < 4.78 is 25.4. The number of anilines is 2. The Kier molecular flexibility index (Phi) is 4.64. The SMILES string of the molecule is CS(=O)(=O)Nc1cccc(NC(=O)c2ccccc2Br)c1. The molecule has 7 heteroatoms. The predicted molar refractivity (Wildman–Crippen MR) is 87.0 cm³/mol. The summed E-state index contributed by atoms with van der Waals surface area (Å²) in [6.45, 7) is 0. The number of hydrogen-bond donors (Lipinski definition) is 2. The second kappa shape index (κ2) is 6.28. The first-order chi connectivity index (χ1) is 9.85. The smallest absolute Gasteiger partial charge is 0.256 e. The highest BCUT2D eigenvalue weighted by Gasteiger charge is 2.10. The van der Waals surface area contributed by atoms with Gasteiger partial charge in [-0.15, -0.1) is 0 Å². The predicted octanol–water partition coefficient (Wildman–Crippen LogP) is 3.07. The molecule has 0 aliphatic heterocycles. The van der Waals surface area contributed by atoms with Gasteiger partial charge in [0.15, 0.2) is 0 Å². The molecule has 2 N–H and O–H groups in total. The topological polar surface area (TPSA) is 75.3 Å². The van der Waals surface area contributed by atoms with Crippen molar-refractivity contribution < 1.29 is 13.2 Å². The van der Waals surface area contributed by atoms with Crippen molar-refractivity contribution in [1.29, 1.82) is 0 Å². The van der Waals surface area contributed by atoms with E-state index >= 15 is 0 Å². The van der Waals surface area contributed by atoms with E-state index in [1.807, 2.05) is 6.07 Å². The second-order valence-corrected chi connectivity index (χ2v) is 6.99. The van der Waals surface area contributed by atoms with Gasteiger partial charge in [0.05, 0.1) is 17.5 Å². The van der Waals surface area contributed by atoms with Gasteiger partial charge < -0.3 is 5.32 Å². The fourth-order valence-electron chi connectivity index (χ4n) is 1.72. The first-order valence-electron chi connectivity index (χ1n) is 5.99. The van der Waals surface area contributed by atoms with E-state index in [2.05, 4.69) is 26.0 Å². The van der Waals surface area contributed by atoms with Crippen LogP contribution in [0.2, 0.25) is 0 Å². The van der Waals surface area contributed by atoms with Crippen LogP contribution in [-0.2, 0) is 10.0 Å². The van der Waals surface area contributed by atoms with E-state index in [4.69, 9.17) is 0 Å². The van der Waals surface area contributed by atoms with E-state index in [0.29, 0.717) is 21.4 Å². The number of sulfonamides is 1. The van der Waals surface area contributed by atoms with Crippen molar-refractivity contribution in [2.24, 2.45) is 0 Å². The molecule has 0 saturated carbocycles. The Balaban J connectivity index is 2.19. The molecule has 0 aromatic heterocycles. The van der Waals surface area contributed by atoms with Crippen LogP contribution in [0.3, 0.4) is 0 Å². The summed E-state index contributed by atoms with van der Waals surface area (Å²) >= 11 is 3.31. The fourth-order valence-corrected chi connectivity index (χ4v) is 2.74. The van der Waals surface area contributed by atoms with Gasteiger partial charge in [0.25, 0.3) is 5.91 Å². The molecule has 0 radical (unpaired) electrons. The molecule has 0 bridgehead atoms. The standard InChI is InChI=1S/C14H13BrN2O3S/c1-21(19,20)17-11-6-4-5-10(9-11)16-14(18)12-7-2-3-8-13(12)15/h2-9,17H,1H3,(H,16,18). The van der Waals surface area contributed by atoms with Crippen molar-refractivity contribution in [2.45, 2.75) is 0 Å². The van der Waals surface area contributed by atoms with Crippen LogP contribution in [-0.4, -0.2) is 20.6 Å². The van der Waals surface area contributed by atoms with E-state index in [0.717, 1.165) is 6.26 Å². The Morgan fingerprint density at radius 2 is 1.71 bits per heavy atom. The molecule has 1 amide bonds. The van der Waals surface area contributed by atoms with Crippen LogP contribution in [0.5, 0.6) is 0 Å². The van der Waals surface area contributed by atoms with Crippen LogP contribution >= 0.6 is 15.9 Å². The van der Waals surface area contributed by atoms with Crippen LogP contribution in [0.15, 0.2) is 53.0 Å². The fraction of sp³-hybridized carbons (Fsp3) is 0.0714. The molecule has 2 rings (SSSR count). The van der Waals surface area contributed by atoms with E-state index in [1.165, 1.54) is 0 Å². The lowest BCUT2D eigenvalue weighted by molar-refractivity contribution is 0.102. The minimum absolute atomic E-state index is 0.279. The number of rotatable bonds is 4. The Morgan fingerprint density at radius 1 is 1.05 bits per heavy atom. The Hall–Kier alpha value is -1.86. The van der Waals surface area contributed by atoms with Crippen molar-refractivity contribution in [2.75, 3.05) is 16.3 Å². The van der Waals surface area contributed by atoms with Gasteiger partial charge in [-0.25, -0.2) is 8.42 Å². The minimum atomic E-state index is -3.35. The van der Waals surface area contributed by atoms with Gasteiger partial charge in [0, 0.05) is 10.2 Å². The lowest BCUT2D eigenvalue weighted by Crippen LogP contribution is -2.13. The third kappa shape index (κ3) is 4.57. The van der Waals surface area contributed by atoms with Crippen molar-refractivity contribution in [3.05, 3.63) is 58.6 Å². The molecule has 2 aromatic rings. The van der Waals surface area contributed by atoms with Gasteiger partial charge in [0.1, 0.15) is 0 Å². The maximum Gasteiger partial charge on any atom is 0.256 e. The van der Waals surface area contributed by atoms with Gasteiger partial charge in [-0.2, -0.15) is 0 Å². The largest absolute Gasteiger partial charge is 0.322 e. The summed E-state index contributed by atoms with van der Waals surface area (Å²) in [5.41, 5.74) is 1.39. The molecule has 0 spiro atoms. The maximum atomic E-state index is 12.2. The van der Waals surface area contributed by atoms with Gasteiger partial charge in [0.2, 0.25) is 10.0 Å². The average Bonchev–Trinajstić information content (AvgIpc) is 2.37. The van der Waals surface area contributed by atoms with Crippen molar-refractivity contribution in [3.8, 4) is 0 Å². The van der Waals surface area contributed by atoms with Crippen LogP contribution in [0.25, 0.3) is 0 Å². The Labute approximate surface area is 131 Å². The highest BCUT2D eigenvalue weighted by molar-refractivity contribution is 9.10. The maximum absolute atomic E-state index is 12.2. The zero-order valence-corrected chi connectivity index (χ0v) is 13.5. The van der Waals surface area contributed by atoms with E-state index in [1.54, 1.807) is 42.5 Å². The summed E-state index contributed by atoms with van der Waals surface area (Å²) in [6.07, 6.45) is 1.07. The molecule has 0 atom stereocenters. The minimum Gasteiger partial charge on any atom is -0.322 e. The third-order valence-electron chi connectivity index (χ3n) is 2.54. The second-order valence-electron chi connectivity index (χ2n) is 4.39. The molecule has 0 fully saturated rings. The van der Waals surface area contributed by atoms with Crippen molar-refractivity contribution in [1.82, 2.24) is 0 Å². The van der Waals surface area contributed by atoms with Crippen molar-refractivity contribution in [3.63, 3.8) is 0 Å². The van der Waals surface area contributed by atoms with Gasteiger partial charge in [-0.3, -0.25) is 9.52 Å². The molecule has 0 aliphatic rings. The molecule has 0 heterocycles. The molecule has 0 saturated heterocycles. The quantitative estimate of drug-likeness (QED) is 0.870. The number of nitrogens with one attached hydrogen (secondary N) is 2. The first kappa shape index (κ1) is 15.5. The zero-order valence-electron chi connectivity index (χ0n) is 11.1. The Bertz CT molecular complexity index is 775. The zero-order chi connectivity index (χ0) is 15.5. The monoisotopic (exact) mass is 368 g/mol. The average molecular weight is 369 g/mol. The summed E-state index contributed by atoms with van der Waals surface area (Å²) in [5, 5.41) is 2.72. The molecular formula is C14H13BrN2O3S. The summed E-state index contributed by atoms with van der Waals surface area (Å²) in [7, 11) is -3.35. The summed E-state index contributed by atoms with van der Waals surface area (Å²) in [6, 6.07) is 13.5. The van der Waals surface area contributed by atoms with Crippen LogP contribution in [0.4, 0.5) is 11.4 Å². The molecular weight excluding hydrogens is 356 g/mol. The summed E-state index contributed by atoms with van der Waals surface area (Å²) in [4.78, 5) is 12.2. The highest BCUT2D eigenvalue weighted by Crippen LogP contribution is 2.20. The lowest BCUT2D eigenvalue weighted by atomic mass is 10.2. The number of carbonyl (C=O) groups excluding carboxylic acids is 1. The lowest BCUT2D eigenvalue weighted by Gasteiger charge is -2.09. The highest BCUT2D eigenvalue weighted by atomic mass is 79.9. The molecule has 2 aromatic carbocycles. The third-order valence-corrected chi connectivity index (χ3v) is 3.84. The molecule has 21 heavy (non-hydrogen) atoms. The summed E-state index contributed by atoms with van der Waals surface area (Å²) in [5.74, 6) is -0.279. The van der Waals surface area contributed by atoms with Gasteiger partial charge in [-0.05, 0) is 46.3 Å². The van der Waals surface area contributed by atoms with Crippen LogP contribution in [0, 0.1) is 0 Å². The molecule has 0 aliphatic carbocycles. The number of hydrogen-bond acceptors (Lipinski definition) is 3. The van der Waals surface area contributed by atoms with Gasteiger partial charge in [-0.1, -0.05) is 18.2 Å². The number of benzene rings is 2. The number of amides is 1.